The van der Waals surface area contributed by atoms with Crippen molar-refractivity contribution in [3.63, 3.8) is 0 Å². The van der Waals surface area contributed by atoms with Crippen molar-refractivity contribution in [2.45, 2.75) is 39.3 Å². The Hall–Kier alpha value is -1.79. The molecule has 3 heteroatoms. The summed E-state index contributed by atoms with van der Waals surface area (Å²) in [6.07, 6.45) is 5.40. The van der Waals surface area contributed by atoms with Crippen LogP contribution in [0.4, 0.5) is 0 Å². The summed E-state index contributed by atoms with van der Waals surface area (Å²) in [7, 11) is 0. The smallest absolute Gasteiger partial charge is 0.238 e. The molecule has 1 amide bonds. The molecule has 3 N–H and O–H groups in total. The summed E-state index contributed by atoms with van der Waals surface area (Å²) in [6, 6.07) is 5.47. The molecule has 0 radical (unpaired) electrons. The van der Waals surface area contributed by atoms with Gasteiger partial charge < -0.3 is 11.1 Å². The summed E-state index contributed by atoms with van der Waals surface area (Å²) in [5.41, 5.74) is 9.10. The fourth-order valence-electron chi connectivity index (χ4n) is 1.84. The van der Waals surface area contributed by atoms with Crippen LogP contribution in [-0.2, 0) is 4.79 Å². The molecule has 0 aliphatic rings. The number of terminal acetylenes is 1. The second kappa shape index (κ2) is 6.23. The van der Waals surface area contributed by atoms with Gasteiger partial charge in [0.15, 0.2) is 0 Å². The second-order valence-electron chi connectivity index (χ2n) is 4.61. The lowest BCUT2D eigenvalue weighted by Gasteiger charge is -2.19. The molecule has 0 aliphatic carbocycles. The normalized spacial score (nSPS) is 13.5. The minimum atomic E-state index is -0.637. The molecule has 0 aliphatic heterocycles. The zero-order chi connectivity index (χ0) is 13.7. The van der Waals surface area contributed by atoms with E-state index in [1.54, 1.807) is 0 Å². The van der Waals surface area contributed by atoms with Crippen LogP contribution in [-0.4, -0.2) is 11.9 Å². The maximum absolute atomic E-state index is 11.8. The molecule has 0 spiro atoms. The molecule has 0 heterocycles. The van der Waals surface area contributed by atoms with Crippen LogP contribution in [0, 0.1) is 26.2 Å². The van der Waals surface area contributed by atoms with Crippen LogP contribution in [0.25, 0.3) is 0 Å². The van der Waals surface area contributed by atoms with Gasteiger partial charge in [0.05, 0.1) is 12.1 Å². The Morgan fingerprint density at radius 3 is 2.78 bits per heavy atom. The molecule has 2 unspecified atom stereocenters. The van der Waals surface area contributed by atoms with E-state index in [1.165, 1.54) is 5.56 Å². The number of hydrogen-bond donors (Lipinski definition) is 2. The molecule has 0 saturated heterocycles. The Balaban J connectivity index is 2.76. The van der Waals surface area contributed by atoms with Crippen LogP contribution >= 0.6 is 0 Å². The van der Waals surface area contributed by atoms with Crippen LogP contribution in [0.5, 0.6) is 0 Å². The summed E-state index contributed by atoms with van der Waals surface area (Å²) in [5, 5.41) is 2.89. The van der Waals surface area contributed by atoms with E-state index < -0.39 is 6.04 Å². The van der Waals surface area contributed by atoms with Crippen molar-refractivity contribution in [3.8, 4) is 12.3 Å². The van der Waals surface area contributed by atoms with Crippen molar-refractivity contribution in [2.24, 2.45) is 5.73 Å². The maximum atomic E-state index is 11.8. The van der Waals surface area contributed by atoms with E-state index in [2.05, 4.69) is 29.4 Å². The van der Waals surface area contributed by atoms with Gasteiger partial charge in [0.2, 0.25) is 5.91 Å². The number of nitrogens with two attached hydrogens (primary N) is 1. The van der Waals surface area contributed by atoms with Crippen molar-refractivity contribution in [1.29, 1.82) is 0 Å². The molecule has 1 aromatic rings. The van der Waals surface area contributed by atoms with E-state index in [-0.39, 0.29) is 18.4 Å². The molecule has 1 rings (SSSR count). The third-order valence-corrected chi connectivity index (χ3v) is 2.93. The average Bonchev–Trinajstić information content (AvgIpc) is 2.32. The van der Waals surface area contributed by atoms with Gasteiger partial charge >= 0.3 is 0 Å². The minimum Gasteiger partial charge on any atom is -0.348 e. The van der Waals surface area contributed by atoms with Crippen LogP contribution < -0.4 is 11.1 Å². The maximum Gasteiger partial charge on any atom is 0.238 e. The first-order chi connectivity index (χ1) is 8.45. The third-order valence-electron chi connectivity index (χ3n) is 2.93. The van der Waals surface area contributed by atoms with Crippen molar-refractivity contribution < 1.29 is 4.79 Å². The van der Waals surface area contributed by atoms with Crippen LogP contribution in [0.2, 0.25) is 0 Å². The van der Waals surface area contributed by atoms with Crippen LogP contribution in [0.3, 0.4) is 0 Å². The van der Waals surface area contributed by atoms with E-state index in [0.717, 1.165) is 11.1 Å². The van der Waals surface area contributed by atoms with Crippen LogP contribution in [0.15, 0.2) is 18.2 Å². The molecule has 0 aromatic heterocycles. The lowest BCUT2D eigenvalue weighted by atomic mass is 9.99. The largest absolute Gasteiger partial charge is 0.348 e. The van der Waals surface area contributed by atoms with Gasteiger partial charge in [-0.3, -0.25) is 4.79 Å². The zero-order valence-electron chi connectivity index (χ0n) is 11.2. The Kier molecular flexibility index (Phi) is 4.94. The quantitative estimate of drug-likeness (QED) is 0.794. The van der Waals surface area contributed by atoms with Crippen molar-refractivity contribution in [2.75, 3.05) is 0 Å². The SMILES string of the molecule is C#CCC(N)C(=O)NC(C)c1cc(C)ccc1C. The Morgan fingerprint density at radius 2 is 2.17 bits per heavy atom. The highest BCUT2D eigenvalue weighted by atomic mass is 16.2. The molecular weight excluding hydrogens is 224 g/mol. The number of aryl methyl sites for hydroxylation is 2. The van der Waals surface area contributed by atoms with E-state index in [9.17, 15) is 4.79 Å². The number of carbonyl (C=O) groups is 1. The predicted octanol–water partition coefficient (Wildman–Crippen LogP) is 1.83. The number of benzene rings is 1. The molecule has 2 atom stereocenters. The van der Waals surface area contributed by atoms with Crippen molar-refractivity contribution in [1.82, 2.24) is 5.32 Å². The van der Waals surface area contributed by atoms with Gasteiger partial charge in [-0.15, -0.1) is 12.3 Å². The molecule has 3 nitrogen and oxygen atoms in total. The average molecular weight is 244 g/mol. The highest BCUT2D eigenvalue weighted by Crippen LogP contribution is 2.18. The molecule has 0 bridgehead atoms. The molecule has 0 fully saturated rings. The fourth-order valence-corrected chi connectivity index (χ4v) is 1.84. The van der Waals surface area contributed by atoms with E-state index >= 15 is 0 Å². The fraction of sp³-hybridized carbons (Fsp3) is 0.400. The number of carbonyl (C=O) groups excluding carboxylic acids is 1. The van der Waals surface area contributed by atoms with Gasteiger partial charge in [0.1, 0.15) is 0 Å². The summed E-state index contributed by atoms with van der Waals surface area (Å²) < 4.78 is 0. The molecule has 1 aromatic carbocycles. The number of nitrogens with one attached hydrogen (secondary N) is 1. The van der Waals surface area contributed by atoms with Gasteiger partial charge in [-0.05, 0) is 31.9 Å². The summed E-state index contributed by atoms with van der Waals surface area (Å²) in [4.78, 5) is 11.8. The van der Waals surface area contributed by atoms with Crippen molar-refractivity contribution in [3.05, 3.63) is 34.9 Å². The number of rotatable bonds is 4. The van der Waals surface area contributed by atoms with E-state index in [0.29, 0.717) is 0 Å². The number of amides is 1. The van der Waals surface area contributed by atoms with Crippen LogP contribution in [0.1, 0.15) is 36.1 Å². The highest BCUT2D eigenvalue weighted by molar-refractivity contribution is 5.82. The second-order valence-corrected chi connectivity index (χ2v) is 4.61. The van der Waals surface area contributed by atoms with Gasteiger partial charge in [0.25, 0.3) is 0 Å². The third kappa shape index (κ3) is 3.61. The lowest BCUT2D eigenvalue weighted by Crippen LogP contribution is -2.41. The minimum absolute atomic E-state index is 0.0683. The first-order valence-electron chi connectivity index (χ1n) is 6.02. The standard InChI is InChI=1S/C15H20N2O/c1-5-6-14(16)15(18)17-12(4)13-9-10(2)7-8-11(13)3/h1,7-9,12,14H,6,16H2,2-4H3,(H,17,18). The summed E-state index contributed by atoms with van der Waals surface area (Å²) in [5.74, 6) is 2.19. The first kappa shape index (κ1) is 14.3. The first-order valence-corrected chi connectivity index (χ1v) is 6.02. The van der Waals surface area contributed by atoms with Gasteiger partial charge in [0, 0.05) is 6.42 Å². The molecule has 18 heavy (non-hydrogen) atoms. The van der Waals surface area contributed by atoms with Gasteiger partial charge in [-0.1, -0.05) is 23.8 Å². The topological polar surface area (TPSA) is 55.1 Å². The molecule has 0 saturated carbocycles. The van der Waals surface area contributed by atoms with E-state index in [4.69, 9.17) is 12.2 Å². The number of hydrogen-bond acceptors (Lipinski definition) is 2. The summed E-state index contributed by atoms with van der Waals surface area (Å²) >= 11 is 0. The molecular formula is C15H20N2O. The monoisotopic (exact) mass is 244 g/mol. The Labute approximate surface area is 109 Å². The predicted molar refractivity (Wildman–Crippen MR) is 73.9 cm³/mol. The molecule has 96 valence electrons. The van der Waals surface area contributed by atoms with Crippen molar-refractivity contribution >= 4 is 5.91 Å². The van der Waals surface area contributed by atoms with Gasteiger partial charge in [-0.2, -0.15) is 0 Å². The zero-order valence-corrected chi connectivity index (χ0v) is 11.2. The van der Waals surface area contributed by atoms with Gasteiger partial charge in [-0.25, -0.2) is 0 Å². The Morgan fingerprint density at radius 1 is 1.50 bits per heavy atom. The highest BCUT2D eigenvalue weighted by Gasteiger charge is 2.16. The summed E-state index contributed by atoms with van der Waals surface area (Å²) in [6.45, 7) is 6.00. The Bertz CT molecular complexity index is 474. The van der Waals surface area contributed by atoms with E-state index in [1.807, 2.05) is 20.8 Å². The lowest BCUT2D eigenvalue weighted by molar-refractivity contribution is -0.122.